The molecule has 0 spiro atoms. The molecular weight excluding hydrogens is 460 g/mol. The molecule has 1 aliphatic heterocycles. The minimum atomic E-state index is -1.35. The van der Waals surface area contributed by atoms with Gasteiger partial charge in [0.1, 0.15) is 30.4 Å². The van der Waals surface area contributed by atoms with Crippen LogP contribution in [0.3, 0.4) is 0 Å². The van der Waals surface area contributed by atoms with E-state index in [0.29, 0.717) is 49.2 Å². The van der Waals surface area contributed by atoms with E-state index >= 15 is 0 Å². The lowest BCUT2D eigenvalue weighted by Gasteiger charge is -2.29. The third-order valence-corrected chi connectivity index (χ3v) is 7.91. The van der Waals surface area contributed by atoms with Crippen molar-refractivity contribution >= 4 is 0 Å². The lowest BCUT2D eigenvalue weighted by Crippen LogP contribution is -2.37. The van der Waals surface area contributed by atoms with E-state index in [1.54, 1.807) is 6.07 Å². The highest BCUT2D eigenvalue weighted by molar-refractivity contribution is 5.72. The van der Waals surface area contributed by atoms with Gasteiger partial charge < -0.3 is 14.2 Å². The average Bonchev–Trinajstić information content (AvgIpc) is 3.53. The van der Waals surface area contributed by atoms with Crippen LogP contribution in [0.25, 0.3) is 11.1 Å². The molecule has 3 aliphatic rings. The molecule has 188 valence electrons. The van der Waals surface area contributed by atoms with Crippen molar-refractivity contribution in [3.63, 3.8) is 0 Å². The largest absolute Gasteiger partial charge is 0.490 e. The van der Waals surface area contributed by atoms with Crippen molar-refractivity contribution in [3.8, 4) is 22.8 Å². The van der Waals surface area contributed by atoms with Crippen LogP contribution in [0.2, 0.25) is 0 Å². The van der Waals surface area contributed by atoms with Gasteiger partial charge in [-0.15, -0.1) is 0 Å². The third-order valence-electron chi connectivity index (χ3n) is 7.91. The molecular formula is C30H31F2NO3. The zero-order valence-corrected chi connectivity index (χ0v) is 20.8. The van der Waals surface area contributed by atoms with Gasteiger partial charge in [-0.2, -0.15) is 0 Å². The topological polar surface area (TPSA) is 40.6 Å². The quantitative estimate of drug-likeness (QED) is 0.371. The summed E-state index contributed by atoms with van der Waals surface area (Å²) >= 11 is 0. The predicted molar refractivity (Wildman–Crippen MR) is 134 cm³/mol. The van der Waals surface area contributed by atoms with Gasteiger partial charge in [0.2, 0.25) is 5.88 Å². The number of hydrogen-bond donors (Lipinski definition) is 0. The number of rotatable bonds is 7. The number of fused-ring (bicyclic) bond motifs is 3. The van der Waals surface area contributed by atoms with Crippen molar-refractivity contribution < 1.29 is 23.0 Å². The summed E-state index contributed by atoms with van der Waals surface area (Å²) in [5, 5.41) is 0. The number of benzene rings is 2. The third kappa shape index (κ3) is 4.59. The zero-order valence-electron chi connectivity index (χ0n) is 20.8. The number of hydrogen-bond acceptors (Lipinski definition) is 4. The molecule has 1 aromatic heterocycles. The number of alkyl halides is 1. The highest BCUT2D eigenvalue weighted by Crippen LogP contribution is 2.56. The molecule has 6 rings (SSSR count). The Morgan fingerprint density at radius 1 is 1.06 bits per heavy atom. The summed E-state index contributed by atoms with van der Waals surface area (Å²) in [7, 11) is 0. The van der Waals surface area contributed by atoms with E-state index in [-0.39, 0.29) is 19.0 Å². The Morgan fingerprint density at radius 2 is 1.83 bits per heavy atom. The fraction of sp³-hybridized carbons (Fsp3) is 0.433. The number of ether oxygens (including phenoxy) is 3. The maximum atomic E-state index is 14.9. The second-order valence-electron chi connectivity index (χ2n) is 10.6. The van der Waals surface area contributed by atoms with Crippen LogP contribution in [0.15, 0.2) is 42.6 Å². The molecule has 2 aromatic carbocycles. The van der Waals surface area contributed by atoms with Gasteiger partial charge in [0.05, 0.1) is 0 Å². The van der Waals surface area contributed by atoms with E-state index in [0.717, 1.165) is 34.6 Å². The van der Waals surface area contributed by atoms with Crippen LogP contribution >= 0.6 is 0 Å². The van der Waals surface area contributed by atoms with Crippen molar-refractivity contribution in [1.82, 2.24) is 4.98 Å². The molecule has 1 saturated carbocycles. The van der Waals surface area contributed by atoms with Crippen LogP contribution < -0.4 is 9.47 Å². The summed E-state index contributed by atoms with van der Waals surface area (Å²) in [6, 6.07) is 11.0. The van der Waals surface area contributed by atoms with Crippen molar-refractivity contribution in [2.24, 2.45) is 5.92 Å². The smallest absolute Gasteiger partial charge is 0.213 e. The molecule has 2 atom stereocenters. The highest BCUT2D eigenvalue weighted by atomic mass is 19.1. The molecule has 2 heterocycles. The van der Waals surface area contributed by atoms with E-state index in [9.17, 15) is 8.78 Å². The molecule has 2 fully saturated rings. The molecule has 0 bridgehead atoms. The van der Waals surface area contributed by atoms with E-state index in [4.69, 9.17) is 14.2 Å². The lowest BCUT2D eigenvalue weighted by molar-refractivity contribution is -0.0323. The number of halogens is 2. The standard InChI is InChI=1S/C30H31F2NO3/c1-18-9-24(36-17-30(32)5-7-34-8-6-30)10-19(2)29(18)20-3-4-27(31)23(11-20)16-35-28-14-22-12-21-13-25(21)26(22)15-33-28/h3-4,9-11,14-15,21,25H,5-8,12-13,16-17H2,1-2H3. The molecule has 3 aromatic rings. The van der Waals surface area contributed by atoms with Crippen molar-refractivity contribution in [2.45, 2.75) is 57.7 Å². The predicted octanol–water partition coefficient (Wildman–Crippen LogP) is 6.64. The Hall–Kier alpha value is -2.99. The second kappa shape index (κ2) is 9.15. The average molecular weight is 492 g/mol. The fourth-order valence-electron chi connectivity index (χ4n) is 5.76. The lowest BCUT2D eigenvalue weighted by atomic mass is 9.94. The van der Waals surface area contributed by atoms with Crippen LogP contribution in [0.4, 0.5) is 8.78 Å². The zero-order chi connectivity index (χ0) is 24.9. The molecule has 4 nitrogen and oxygen atoms in total. The first-order valence-corrected chi connectivity index (χ1v) is 12.8. The van der Waals surface area contributed by atoms with E-state index in [1.165, 1.54) is 23.6 Å². The van der Waals surface area contributed by atoms with E-state index in [2.05, 4.69) is 4.98 Å². The van der Waals surface area contributed by atoms with E-state index in [1.807, 2.05) is 44.3 Å². The monoisotopic (exact) mass is 491 g/mol. The molecule has 1 saturated heterocycles. The SMILES string of the molecule is Cc1cc(OCC2(F)CCOCC2)cc(C)c1-c1ccc(F)c(COc2cc3c(cn2)C2CC2C3)c1. The second-order valence-corrected chi connectivity index (χ2v) is 10.6. The molecule has 2 unspecified atom stereocenters. The number of aryl methyl sites for hydroxylation is 2. The Labute approximate surface area is 210 Å². The summed E-state index contributed by atoms with van der Waals surface area (Å²) < 4.78 is 46.6. The normalized spacial score (nSPS) is 21.6. The van der Waals surface area contributed by atoms with Gasteiger partial charge in [-0.3, -0.25) is 0 Å². The first-order valence-electron chi connectivity index (χ1n) is 12.8. The van der Waals surface area contributed by atoms with Gasteiger partial charge in [-0.25, -0.2) is 13.8 Å². The molecule has 2 aliphatic carbocycles. The molecule has 0 radical (unpaired) electrons. The van der Waals surface area contributed by atoms with Gasteiger partial charge in [-0.1, -0.05) is 6.07 Å². The molecule has 0 N–H and O–H groups in total. The first-order chi connectivity index (χ1) is 17.4. The van der Waals surface area contributed by atoms with Gasteiger partial charge in [0, 0.05) is 43.9 Å². The highest BCUT2D eigenvalue weighted by Gasteiger charge is 2.45. The van der Waals surface area contributed by atoms with Gasteiger partial charge in [0.15, 0.2) is 0 Å². The molecule has 36 heavy (non-hydrogen) atoms. The Morgan fingerprint density at radius 3 is 2.61 bits per heavy atom. The van der Waals surface area contributed by atoms with Crippen molar-refractivity contribution in [1.29, 1.82) is 0 Å². The van der Waals surface area contributed by atoms with E-state index < -0.39 is 5.67 Å². The molecule has 0 amide bonds. The first kappa shape index (κ1) is 23.4. The maximum absolute atomic E-state index is 14.9. The Bertz CT molecular complexity index is 1280. The van der Waals surface area contributed by atoms with Crippen LogP contribution in [-0.4, -0.2) is 30.5 Å². The summed E-state index contributed by atoms with van der Waals surface area (Å²) in [5.74, 6) is 2.36. The Balaban J connectivity index is 1.17. The van der Waals surface area contributed by atoms with Crippen molar-refractivity contribution in [2.75, 3.05) is 19.8 Å². The van der Waals surface area contributed by atoms with Crippen LogP contribution in [0.5, 0.6) is 11.6 Å². The van der Waals surface area contributed by atoms with Crippen LogP contribution in [0.1, 0.15) is 53.0 Å². The minimum Gasteiger partial charge on any atom is -0.490 e. The van der Waals surface area contributed by atoms with Gasteiger partial charge in [0.25, 0.3) is 0 Å². The Kier molecular flexibility index (Phi) is 5.95. The molecule has 6 heteroatoms. The number of pyridine rings is 1. The number of nitrogens with zero attached hydrogens (tertiary/aromatic N) is 1. The summed E-state index contributed by atoms with van der Waals surface area (Å²) in [4.78, 5) is 4.45. The van der Waals surface area contributed by atoms with Crippen molar-refractivity contribution in [3.05, 3.63) is 76.2 Å². The van der Waals surface area contributed by atoms with Gasteiger partial charge >= 0.3 is 0 Å². The summed E-state index contributed by atoms with van der Waals surface area (Å²) in [5.41, 5.74) is 5.70. The summed E-state index contributed by atoms with van der Waals surface area (Å²) in [6.45, 7) is 4.97. The van der Waals surface area contributed by atoms with Gasteiger partial charge in [-0.05, 0) is 96.2 Å². The fourth-order valence-corrected chi connectivity index (χ4v) is 5.76. The summed E-state index contributed by atoms with van der Waals surface area (Å²) in [6.07, 6.45) is 5.02. The number of aromatic nitrogens is 1. The minimum absolute atomic E-state index is 0.0185. The van der Waals surface area contributed by atoms with Crippen LogP contribution in [-0.2, 0) is 17.8 Å². The van der Waals surface area contributed by atoms with Crippen LogP contribution in [0, 0.1) is 25.6 Å². The maximum Gasteiger partial charge on any atom is 0.213 e.